The van der Waals surface area contributed by atoms with Gasteiger partial charge >= 0.3 is 6.01 Å². The molecule has 0 aliphatic carbocycles. The Morgan fingerprint density at radius 1 is 1.04 bits per heavy atom. The minimum Gasteiger partial charge on any atom is -0.759 e. The summed E-state index contributed by atoms with van der Waals surface area (Å²) in [5.41, 5.74) is 3.42. The molecule has 252 valence electrons. The minimum absolute atomic E-state index is 0.0442. The van der Waals surface area contributed by atoms with E-state index >= 15 is 4.39 Å². The summed E-state index contributed by atoms with van der Waals surface area (Å²) in [6, 6.07) is 14.2. The molecule has 8 rings (SSSR count). The van der Waals surface area contributed by atoms with Crippen molar-refractivity contribution in [2.45, 2.75) is 56.1 Å². The molecule has 4 aliphatic heterocycles. The van der Waals surface area contributed by atoms with E-state index in [1.54, 1.807) is 18.2 Å². The van der Waals surface area contributed by atoms with Crippen LogP contribution in [-0.4, -0.2) is 96.5 Å². The molecule has 3 aromatic carbocycles. The van der Waals surface area contributed by atoms with E-state index in [4.69, 9.17) is 9.72 Å². The zero-order valence-electron chi connectivity index (χ0n) is 26.4. The van der Waals surface area contributed by atoms with Gasteiger partial charge < -0.3 is 24.2 Å². The van der Waals surface area contributed by atoms with Crippen molar-refractivity contribution in [3.05, 3.63) is 54.3 Å². The topological polar surface area (TPSA) is 146 Å². The van der Waals surface area contributed by atoms with Crippen LogP contribution in [0.5, 0.6) is 11.8 Å². The van der Waals surface area contributed by atoms with Gasteiger partial charge in [0.1, 0.15) is 23.7 Å². The lowest BCUT2D eigenvalue weighted by Crippen LogP contribution is -2.58. The number of aromatic nitrogens is 2. The van der Waals surface area contributed by atoms with Gasteiger partial charge in [0.25, 0.3) is 0 Å². The molecule has 4 fully saturated rings. The number of carbonyl (C=O) groups excluding carboxylic acids is 1. The molecular weight excluding hydrogens is 637 g/mol. The van der Waals surface area contributed by atoms with Gasteiger partial charge in [-0.2, -0.15) is 14.8 Å². The number of amides is 1. The normalized spacial score (nSPS) is 22.5. The van der Waals surface area contributed by atoms with Crippen LogP contribution in [0.2, 0.25) is 0 Å². The Kier molecular flexibility index (Phi) is 8.15. The highest BCUT2D eigenvalue weighted by atomic mass is 32.2. The second kappa shape index (κ2) is 12.5. The third-order valence-electron chi connectivity index (χ3n) is 10.6. The van der Waals surface area contributed by atoms with Crippen molar-refractivity contribution in [1.29, 1.82) is 0 Å². The number of phenolic OH excluding ortho intramolecular Hbond substituents is 1. The first-order chi connectivity index (χ1) is 23.3. The number of rotatable bonds is 9. The largest absolute Gasteiger partial charge is 0.759 e. The Morgan fingerprint density at radius 2 is 1.79 bits per heavy atom. The molecule has 2 bridgehead atoms. The molecule has 12 nitrogen and oxygen atoms in total. The van der Waals surface area contributed by atoms with Crippen molar-refractivity contribution in [2.75, 3.05) is 44.2 Å². The maximum absolute atomic E-state index is 16.8. The van der Waals surface area contributed by atoms with E-state index in [1.807, 2.05) is 40.1 Å². The van der Waals surface area contributed by atoms with Crippen LogP contribution >= 0.6 is 0 Å². The van der Waals surface area contributed by atoms with E-state index in [-0.39, 0.29) is 47.4 Å². The number of nitrogens with zero attached hydrogens (tertiary/aromatic N) is 5. The molecule has 5 heterocycles. The molecule has 1 unspecified atom stereocenters. The highest BCUT2D eigenvalue weighted by Gasteiger charge is 2.46. The van der Waals surface area contributed by atoms with E-state index in [0.717, 1.165) is 62.4 Å². The molecule has 4 aliphatic rings. The van der Waals surface area contributed by atoms with Gasteiger partial charge in [0.05, 0.1) is 12.1 Å². The average Bonchev–Trinajstić information content (AvgIpc) is 3.74. The minimum atomic E-state index is -2.53. The van der Waals surface area contributed by atoms with Crippen molar-refractivity contribution in [1.82, 2.24) is 30.0 Å². The maximum atomic E-state index is 16.8. The number of hydrogen-bond donors (Lipinski definition) is 3. The van der Waals surface area contributed by atoms with Crippen molar-refractivity contribution in [3.8, 4) is 22.9 Å². The van der Waals surface area contributed by atoms with Crippen molar-refractivity contribution >= 4 is 44.7 Å². The van der Waals surface area contributed by atoms with Gasteiger partial charge in [0.2, 0.25) is 5.91 Å². The van der Waals surface area contributed by atoms with Crippen LogP contribution in [0.15, 0.2) is 48.5 Å². The van der Waals surface area contributed by atoms with Gasteiger partial charge in [-0.15, -0.1) is 0 Å². The van der Waals surface area contributed by atoms with Crippen LogP contribution in [0, 0.1) is 5.82 Å². The zero-order valence-corrected chi connectivity index (χ0v) is 27.2. The molecule has 4 aromatic rings. The summed E-state index contributed by atoms with van der Waals surface area (Å²) in [6.45, 7) is 3.33. The summed E-state index contributed by atoms with van der Waals surface area (Å²) in [6.07, 6.45) is 5.92. The summed E-state index contributed by atoms with van der Waals surface area (Å²) < 4.78 is 44.9. The summed E-state index contributed by atoms with van der Waals surface area (Å²) in [7, 11) is 0. The fourth-order valence-corrected chi connectivity index (χ4v) is 8.75. The molecule has 3 N–H and O–H groups in total. The van der Waals surface area contributed by atoms with E-state index in [0.29, 0.717) is 42.0 Å². The number of fused-ring (bicyclic) bond motifs is 5. The monoisotopic (exact) mass is 674 g/mol. The first kappa shape index (κ1) is 31.3. The van der Waals surface area contributed by atoms with E-state index < -0.39 is 17.1 Å². The maximum Gasteiger partial charge on any atom is 0.319 e. The molecule has 48 heavy (non-hydrogen) atoms. The van der Waals surface area contributed by atoms with E-state index in [9.17, 15) is 18.7 Å². The van der Waals surface area contributed by atoms with Crippen molar-refractivity contribution < 1.29 is 27.8 Å². The third-order valence-corrected chi connectivity index (χ3v) is 11.0. The molecule has 0 radical (unpaired) electrons. The molecule has 1 amide bonds. The Labute approximate surface area is 279 Å². The van der Waals surface area contributed by atoms with E-state index in [2.05, 4.69) is 20.2 Å². The molecule has 4 saturated heterocycles. The van der Waals surface area contributed by atoms with Gasteiger partial charge in [0, 0.05) is 47.4 Å². The number of benzene rings is 3. The first-order valence-corrected chi connectivity index (χ1v) is 17.6. The van der Waals surface area contributed by atoms with Gasteiger partial charge in [-0.05, 0) is 86.1 Å². The summed E-state index contributed by atoms with van der Waals surface area (Å²) in [4.78, 5) is 31.1. The van der Waals surface area contributed by atoms with Gasteiger partial charge in [0.15, 0.2) is 5.82 Å². The lowest BCUT2D eigenvalue weighted by atomic mass is 9.95. The molecule has 14 heteroatoms. The number of aromatic hydroxyl groups is 1. The predicted molar refractivity (Wildman–Crippen MR) is 178 cm³/mol. The number of carbonyl (C=O) groups is 1. The standard InChI is InChI=1S/C34H38FN7O5S/c35-30-26(28-16-24(43)15-21-5-1-2-6-25(21)28)9-10-27-31(30)37-33(47-20-34-11-3-13-41(34)14-4-12-34)38-32(27)40-18-22-7-8-23(19-40)42(22)29(44)17-36-39-48(45)46/h1-2,5-6,9-10,15-16,22-23,36,39,43H,3-4,7-8,11-14,17-20H2,(H,45,46)/p-1/t22-,23+. The number of anilines is 1. The Hall–Kier alpha value is -3.95. The number of halogens is 1. The average molecular weight is 675 g/mol. The summed E-state index contributed by atoms with van der Waals surface area (Å²) >= 11 is -2.53. The van der Waals surface area contributed by atoms with Crippen LogP contribution in [0.25, 0.3) is 32.8 Å². The van der Waals surface area contributed by atoms with Crippen LogP contribution in [0.4, 0.5) is 10.2 Å². The number of ether oxygens (including phenoxy) is 1. The SMILES string of the molecule is O=C(CNNS(=O)[O-])N1[C@@H]2CC[C@H]1CN(c1nc(OCC34CCCN3CCC4)nc3c(F)c(-c4cc(O)cc5ccccc45)ccc13)C2. The number of piperazine rings is 1. The number of phenols is 1. The van der Waals surface area contributed by atoms with Crippen LogP contribution in [0.1, 0.15) is 38.5 Å². The first-order valence-electron chi connectivity index (χ1n) is 16.5. The molecule has 0 saturated carbocycles. The second-order valence-electron chi connectivity index (χ2n) is 13.4. The van der Waals surface area contributed by atoms with E-state index in [1.165, 1.54) is 0 Å². The van der Waals surface area contributed by atoms with Gasteiger partial charge in [-0.1, -0.05) is 30.3 Å². The molecule has 3 atom stereocenters. The number of hydrazine groups is 1. The molecule has 1 aromatic heterocycles. The summed E-state index contributed by atoms with van der Waals surface area (Å²) in [5.74, 6) is -0.117. The lowest BCUT2D eigenvalue weighted by Gasteiger charge is -2.42. The third kappa shape index (κ3) is 5.54. The van der Waals surface area contributed by atoms with Crippen LogP contribution < -0.4 is 19.9 Å². The molecule has 0 spiro atoms. The predicted octanol–water partition coefficient (Wildman–Crippen LogP) is 3.37. The highest BCUT2D eigenvalue weighted by Crippen LogP contribution is 2.42. The smallest absolute Gasteiger partial charge is 0.319 e. The lowest BCUT2D eigenvalue weighted by molar-refractivity contribution is -0.133. The van der Waals surface area contributed by atoms with Crippen molar-refractivity contribution in [3.63, 3.8) is 0 Å². The second-order valence-corrected chi connectivity index (χ2v) is 14.0. The number of nitrogens with one attached hydrogen (secondary N) is 2. The zero-order chi connectivity index (χ0) is 33.0. The van der Waals surface area contributed by atoms with Gasteiger partial charge in [-0.25, -0.2) is 9.82 Å². The Morgan fingerprint density at radius 3 is 2.54 bits per heavy atom. The molecular formula is C34H37FN7O5S-. The Balaban J connectivity index is 1.17. The highest BCUT2D eigenvalue weighted by molar-refractivity contribution is 7.76. The Bertz CT molecular complexity index is 1910. The quantitative estimate of drug-likeness (QED) is 0.179. The summed E-state index contributed by atoms with van der Waals surface area (Å²) in [5, 5.41) is 12.7. The van der Waals surface area contributed by atoms with Gasteiger partial charge in [-0.3, -0.25) is 13.9 Å². The van der Waals surface area contributed by atoms with Crippen LogP contribution in [-0.2, 0) is 16.1 Å². The fourth-order valence-electron chi connectivity index (χ4n) is 8.56. The number of hydrogen-bond acceptors (Lipinski definition) is 10. The van der Waals surface area contributed by atoms with Crippen molar-refractivity contribution in [2.24, 2.45) is 0 Å². The van der Waals surface area contributed by atoms with Crippen LogP contribution in [0.3, 0.4) is 0 Å². The fraction of sp³-hybridized carbons (Fsp3) is 0.441.